The SMILES string of the molecule is CN(C1CCNCC1)C1CCNCC1. The summed E-state index contributed by atoms with van der Waals surface area (Å²) in [5, 5.41) is 6.87. The number of hydrogen-bond acceptors (Lipinski definition) is 3. The van der Waals surface area contributed by atoms with Gasteiger partial charge in [-0.15, -0.1) is 0 Å². The lowest BCUT2D eigenvalue weighted by Gasteiger charge is -2.39. The fourth-order valence-electron chi connectivity index (χ4n) is 2.73. The Kier molecular flexibility index (Phi) is 3.79. The third-order valence-electron chi connectivity index (χ3n) is 3.77. The molecule has 0 radical (unpaired) electrons. The van der Waals surface area contributed by atoms with Gasteiger partial charge in [-0.3, -0.25) is 0 Å². The second-order valence-electron chi connectivity index (χ2n) is 4.63. The summed E-state index contributed by atoms with van der Waals surface area (Å²) in [5.41, 5.74) is 0. The van der Waals surface area contributed by atoms with Crippen molar-refractivity contribution >= 4 is 0 Å². The molecule has 0 bridgehead atoms. The Morgan fingerprint density at radius 3 is 1.50 bits per heavy atom. The van der Waals surface area contributed by atoms with Crippen LogP contribution in [0.15, 0.2) is 0 Å². The van der Waals surface area contributed by atoms with Crippen LogP contribution in [0.5, 0.6) is 0 Å². The molecule has 2 saturated heterocycles. The van der Waals surface area contributed by atoms with Crippen LogP contribution in [0.2, 0.25) is 0 Å². The van der Waals surface area contributed by atoms with Crippen LogP contribution in [-0.2, 0) is 0 Å². The Bertz CT molecular complexity index is 142. The molecule has 0 saturated carbocycles. The van der Waals surface area contributed by atoms with E-state index in [4.69, 9.17) is 0 Å². The Morgan fingerprint density at radius 2 is 1.14 bits per heavy atom. The predicted molar refractivity (Wildman–Crippen MR) is 59.5 cm³/mol. The zero-order chi connectivity index (χ0) is 9.80. The molecular formula is C11H23N3. The van der Waals surface area contributed by atoms with Crippen molar-refractivity contribution in [3.8, 4) is 0 Å². The quantitative estimate of drug-likeness (QED) is 0.672. The zero-order valence-electron chi connectivity index (χ0n) is 9.26. The molecule has 2 heterocycles. The Morgan fingerprint density at radius 1 is 0.786 bits per heavy atom. The van der Waals surface area contributed by atoms with Crippen LogP contribution in [-0.4, -0.2) is 50.2 Å². The molecule has 0 atom stereocenters. The van der Waals surface area contributed by atoms with Crippen molar-refractivity contribution in [1.29, 1.82) is 0 Å². The van der Waals surface area contributed by atoms with Crippen LogP contribution in [0.1, 0.15) is 25.7 Å². The highest BCUT2D eigenvalue weighted by molar-refractivity contribution is 4.83. The molecule has 3 heteroatoms. The van der Waals surface area contributed by atoms with E-state index in [0.29, 0.717) is 0 Å². The van der Waals surface area contributed by atoms with Gasteiger partial charge in [0.25, 0.3) is 0 Å². The highest BCUT2D eigenvalue weighted by atomic mass is 15.2. The standard InChI is InChI=1S/C11H23N3/c1-14(10-2-6-12-7-3-10)11-4-8-13-9-5-11/h10-13H,2-9H2,1H3. The fourth-order valence-corrected chi connectivity index (χ4v) is 2.73. The maximum absolute atomic E-state index is 3.43. The molecule has 0 aromatic carbocycles. The summed E-state index contributed by atoms with van der Waals surface area (Å²) in [5.74, 6) is 0. The molecule has 0 aliphatic carbocycles. The molecule has 0 unspecified atom stereocenters. The van der Waals surface area contributed by atoms with Crippen molar-refractivity contribution in [3.63, 3.8) is 0 Å². The monoisotopic (exact) mass is 197 g/mol. The van der Waals surface area contributed by atoms with Gasteiger partial charge in [0.15, 0.2) is 0 Å². The van der Waals surface area contributed by atoms with E-state index in [1.54, 1.807) is 0 Å². The van der Waals surface area contributed by atoms with Gasteiger partial charge in [-0.05, 0) is 58.9 Å². The van der Waals surface area contributed by atoms with Crippen LogP contribution in [0.3, 0.4) is 0 Å². The number of hydrogen-bond donors (Lipinski definition) is 2. The topological polar surface area (TPSA) is 27.3 Å². The first kappa shape index (κ1) is 10.4. The predicted octanol–water partition coefficient (Wildman–Crippen LogP) is 0.422. The third-order valence-corrected chi connectivity index (χ3v) is 3.77. The van der Waals surface area contributed by atoms with E-state index >= 15 is 0 Å². The van der Waals surface area contributed by atoms with Gasteiger partial charge in [0.05, 0.1) is 0 Å². The highest BCUT2D eigenvalue weighted by Crippen LogP contribution is 2.18. The molecule has 0 aromatic rings. The van der Waals surface area contributed by atoms with Gasteiger partial charge in [-0.1, -0.05) is 0 Å². The Labute approximate surface area is 87.2 Å². The average molecular weight is 197 g/mol. The first-order valence-corrected chi connectivity index (χ1v) is 6.01. The molecule has 0 aromatic heterocycles. The first-order valence-electron chi connectivity index (χ1n) is 6.01. The van der Waals surface area contributed by atoms with Gasteiger partial charge in [0, 0.05) is 12.1 Å². The van der Waals surface area contributed by atoms with E-state index < -0.39 is 0 Å². The molecule has 2 rings (SSSR count). The summed E-state index contributed by atoms with van der Waals surface area (Å²) in [7, 11) is 2.33. The van der Waals surface area contributed by atoms with Gasteiger partial charge < -0.3 is 15.5 Å². The molecule has 0 amide bonds. The smallest absolute Gasteiger partial charge is 0.0119 e. The van der Waals surface area contributed by atoms with Gasteiger partial charge >= 0.3 is 0 Å². The second kappa shape index (κ2) is 5.10. The number of piperidine rings is 2. The highest BCUT2D eigenvalue weighted by Gasteiger charge is 2.25. The summed E-state index contributed by atoms with van der Waals surface area (Å²) in [4.78, 5) is 2.64. The second-order valence-corrected chi connectivity index (χ2v) is 4.63. The van der Waals surface area contributed by atoms with Crippen LogP contribution < -0.4 is 10.6 Å². The third kappa shape index (κ3) is 2.47. The lowest BCUT2D eigenvalue weighted by atomic mass is 9.99. The Hall–Kier alpha value is -0.120. The maximum Gasteiger partial charge on any atom is 0.0119 e. The van der Waals surface area contributed by atoms with Crippen LogP contribution in [0.25, 0.3) is 0 Å². The summed E-state index contributed by atoms with van der Waals surface area (Å²) in [6.07, 6.45) is 5.34. The molecule has 82 valence electrons. The first-order chi connectivity index (χ1) is 6.88. The molecule has 2 aliphatic heterocycles. The van der Waals surface area contributed by atoms with Gasteiger partial charge in [0.1, 0.15) is 0 Å². The Balaban J connectivity index is 1.82. The molecule has 2 fully saturated rings. The minimum Gasteiger partial charge on any atom is -0.317 e. The average Bonchev–Trinajstić information content (AvgIpc) is 2.30. The lowest BCUT2D eigenvalue weighted by Crippen LogP contribution is -2.49. The molecular weight excluding hydrogens is 174 g/mol. The molecule has 14 heavy (non-hydrogen) atoms. The van der Waals surface area contributed by atoms with Gasteiger partial charge in [-0.2, -0.15) is 0 Å². The van der Waals surface area contributed by atoms with E-state index in [2.05, 4.69) is 22.6 Å². The van der Waals surface area contributed by atoms with Gasteiger partial charge in [-0.25, -0.2) is 0 Å². The van der Waals surface area contributed by atoms with Crippen molar-refractivity contribution < 1.29 is 0 Å². The molecule has 2 aliphatic rings. The van der Waals surface area contributed by atoms with E-state index in [0.717, 1.165) is 12.1 Å². The zero-order valence-corrected chi connectivity index (χ0v) is 9.26. The van der Waals surface area contributed by atoms with Crippen LogP contribution in [0, 0.1) is 0 Å². The summed E-state index contributed by atoms with van der Waals surface area (Å²) >= 11 is 0. The normalized spacial score (nSPS) is 27.0. The van der Waals surface area contributed by atoms with Gasteiger partial charge in [0.2, 0.25) is 0 Å². The van der Waals surface area contributed by atoms with Crippen LogP contribution in [0.4, 0.5) is 0 Å². The van der Waals surface area contributed by atoms with Crippen molar-refractivity contribution in [2.45, 2.75) is 37.8 Å². The van der Waals surface area contributed by atoms with Crippen molar-refractivity contribution in [2.75, 3.05) is 33.2 Å². The number of rotatable bonds is 2. The van der Waals surface area contributed by atoms with Crippen LogP contribution >= 0.6 is 0 Å². The fraction of sp³-hybridized carbons (Fsp3) is 1.00. The van der Waals surface area contributed by atoms with E-state index in [1.165, 1.54) is 51.9 Å². The lowest BCUT2D eigenvalue weighted by molar-refractivity contribution is 0.119. The minimum absolute atomic E-state index is 0.833. The summed E-state index contributed by atoms with van der Waals surface area (Å²) < 4.78 is 0. The minimum atomic E-state index is 0.833. The number of nitrogens with one attached hydrogen (secondary N) is 2. The van der Waals surface area contributed by atoms with Crippen molar-refractivity contribution in [1.82, 2.24) is 15.5 Å². The molecule has 0 spiro atoms. The molecule has 3 nitrogen and oxygen atoms in total. The van der Waals surface area contributed by atoms with E-state index in [1.807, 2.05) is 0 Å². The summed E-state index contributed by atoms with van der Waals surface area (Å²) in [6.45, 7) is 4.83. The van der Waals surface area contributed by atoms with Crippen molar-refractivity contribution in [2.24, 2.45) is 0 Å². The maximum atomic E-state index is 3.43. The summed E-state index contributed by atoms with van der Waals surface area (Å²) in [6, 6.07) is 1.67. The van der Waals surface area contributed by atoms with E-state index in [-0.39, 0.29) is 0 Å². The largest absolute Gasteiger partial charge is 0.317 e. The molecule has 2 N–H and O–H groups in total. The number of nitrogens with zero attached hydrogens (tertiary/aromatic N) is 1. The van der Waals surface area contributed by atoms with Crippen molar-refractivity contribution in [3.05, 3.63) is 0 Å². The van der Waals surface area contributed by atoms with E-state index in [9.17, 15) is 0 Å².